The first-order valence-electron chi connectivity index (χ1n) is 9.81. The molecule has 1 saturated heterocycles. The van der Waals surface area contributed by atoms with Crippen LogP contribution in [0.5, 0.6) is 0 Å². The lowest BCUT2D eigenvalue weighted by Crippen LogP contribution is -2.39. The van der Waals surface area contributed by atoms with E-state index >= 15 is 0 Å². The summed E-state index contributed by atoms with van der Waals surface area (Å²) in [5.74, 6) is -0.250. The van der Waals surface area contributed by atoms with Crippen LogP contribution in [-0.4, -0.2) is 40.7 Å². The van der Waals surface area contributed by atoms with Crippen LogP contribution in [0.15, 0.2) is 42.5 Å². The number of carbonyl (C=O) groups excluding carboxylic acids is 1. The van der Waals surface area contributed by atoms with E-state index in [1.165, 1.54) is 18.4 Å². The first-order valence-corrected chi connectivity index (χ1v) is 9.81. The highest BCUT2D eigenvalue weighted by atomic mass is 16.5. The highest BCUT2D eigenvalue weighted by Crippen LogP contribution is 2.25. The SMILES string of the molecule is Cc1ccc(C)c(CC(=O)N(O)[C@H](CN2CCCC2)c2ccccc2)c1C. The van der Waals surface area contributed by atoms with Crippen LogP contribution < -0.4 is 0 Å². The van der Waals surface area contributed by atoms with Gasteiger partial charge in [0.25, 0.3) is 5.91 Å². The van der Waals surface area contributed by atoms with Gasteiger partial charge in [-0.2, -0.15) is 0 Å². The molecule has 1 aliphatic heterocycles. The zero-order chi connectivity index (χ0) is 19.4. The van der Waals surface area contributed by atoms with Crippen molar-refractivity contribution in [3.63, 3.8) is 0 Å². The van der Waals surface area contributed by atoms with E-state index < -0.39 is 0 Å². The standard InChI is InChI=1S/C23H30N2O2/c1-17-11-12-18(2)21(19(17)3)15-23(26)25(27)22(16-24-13-7-8-14-24)20-9-5-4-6-10-20/h4-6,9-12,22,27H,7-8,13-16H2,1-3H3/t22-/m1/s1. The van der Waals surface area contributed by atoms with Crippen LogP contribution in [0.3, 0.4) is 0 Å². The molecule has 1 N–H and O–H groups in total. The molecule has 1 amide bonds. The molecule has 1 heterocycles. The van der Waals surface area contributed by atoms with E-state index in [-0.39, 0.29) is 18.4 Å². The molecular formula is C23H30N2O2. The summed E-state index contributed by atoms with van der Waals surface area (Å²) in [4.78, 5) is 15.3. The second-order valence-electron chi connectivity index (χ2n) is 7.65. The largest absolute Gasteiger partial charge is 0.301 e. The summed E-state index contributed by atoms with van der Waals surface area (Å²) in [5, 5.41) is 11.8. The third kappa shape index (κ3) is 4.57. The maximum absolute atomic E-state index is 13.0. The van der Waals surface area contributed by atoms with Crippen LogP contribution in [0, 0.1) is 20.8 Å². The van der Waals surface area contributed by atoms with Gasteiger partial charge in [-0.05, 0) is 74.5 Å². The summed E-state index contributed by atoms with van der Waals surface area (Å²) >= 11 is 0. The number of hydrogen-bond donors (Lipinski definition) is 1. The first-order chi connectivity index (χ1) is 13.0. The molecule has 1 atom stereocenters. The van der Waals surface area contributed by atoms with Crippen LogP contribution >= 0.6 is 0 Å². The smallest absolute Gasteiger partial charge is 0.250 e. The Bertz CT molecular complexity index is 782. The van der Waals surface area contributed by atoms with Gasteiger partial charge in [-0.1, -0.05) is 42.5 Å². The minimum atomic E-state index is -0.345. The van der Waals surface area contributed by atoms with Crippen molar-refractivity contribution in [2.24, 2.45) is 0 Å². The van der Waals surface area contributed by atoms with E-state index in [2.05, 4.69) is 17.9 Å². The van der Waals surface area contributed by atoms with Gasteiger partial charge in [0.15, 0.2) is 0 Å². The molecule has 0 bridgehead atoms. The van der Waals surface area contributed by atoms with E-state index in [1.807, 2.05) is 50.2 Å². The third-order valence-electron chi connectivity index (χ3n) is 5.80. The number of hydrogen-bond acceptors (Lipinski definition) is 3. The number of carbonyl (C=O) groups is 1. The maximum Gasteiger partial charge on any atom is 0.250 e. The molecule has 0 aliphatic carbocycles. The van der Waals surface area contributed by atoms with Crippen LogP contribution in [0.4, 0.5) is 0 Å². The Morgan fingerprint density at radius 3 is 2.33 bits per heavy atom. The van der Waals surface area contributed by atoms with Crippen molar-refractivity contribution < 1.29 is 10.0 Å². The van der Waals surface area contributed by atoms with E-state index in [9.17, 15) is 10.0 Å². The van der Waals surface area contributed by atoms with Crippen LogP contribution in [0.2, 0.25) is 0 Å². The van der Waals surface area contributed by atoms with Gasteiger partial charge in [0.1, 0.15) is 0 Å². The molecular weight excluding hydrogens is 336 g/mol. The second kappa shape index (κ2) is 8.68. The van der Waals surface area contributed by atoms with Crippen molar-refractivity contribution >= 4 is 5.91 Å². The molecule has 1 fully saturated rings. The molecule has 0 spiro atoms. The van der Waals surface area contributed by atoms with Crippen molar-refractivity contribution in [2.75, 3.05) is 19.6 Å². The fraction of sp³-hybridized carbons (Fsp3) is 0.435. The molecule has 0 unspecified atom stereocenters. The van der Waals surface area contributed by atoms with Crippen LogP contribution in [0.1, 0.15) is 46.7 Å². The zero-order valence-electron chi connectivity index (χ0n) is 16.6. The van der Waals surface area contributed by atoms with E-state index in [4.69, 9.17) is 0 Å². The Morgan fingerprint density at radius 2 is 1.67 bits per heavy atom. The summed E-state index contributed by atoms with van der Waals surface area (Å²) in [6.45, 7) is 8.85. The summed E-state index contributed by atoms with van der Waals surface area (Å²) in [6, 6.07) is 13.6. The molecule has 144 valence electrons. The van der Waals surface area contributed by atoms with Gasteiger partial charge in [0.05, 0.1) is 12.5 Å². The summed E-state index contributed by atoms with van der Waals surface area (Å²) < 4.78 is 0. The number of rotatable bonds is 6. The Hall–Kier alpha value is -2.17. The van der Waals surface area contributed by atoms with Gasteiger partial charge in [-0.3, -0.25) is 10.0 Å². The molecule has 0 saturated carbocycles. The predicted molar refractivity (Wildman–Crippen MR) is 108 cm³/mol. The number of benzene rings is 2. The van der Waals surface area contributed by atoms with Crippen LogP contribution in [-0.2, 0) is 11.2 Å². The predicted octanol–water partition coefficient (Wildman–Crippen LogP) is 4.21. The molecule has 1 aliphatic rings. The molecule has 4 nitrogen and oxygen atoms in total. The lowest BCUT2D eigenvalue weighted by Gasteiger charge is -2.30. The number of hydroxylamine groups is 2. The van der Waals surface area contributed by atoms with Crippen molar-refractivity contribution in [3.8, 4) is 0 Å². The van der Waals surface area contributed by atoms with Gasteiger partial charge in [-0.25, -0.2) is 5.06 Å². The fourth-order valence-corrected chi connectivity index (χ4v) is 3.90. The van der Waals surface area contributed by atoms with Gasteiger partial charge in [0.2, 0.25) is 0 Å². The lowest BCUT2D eigenvalue weighted by atomic mass is 9.95. The number of likely N-dealkylation sites (tertiary alicyclic amines) is 1. The number of amides is 1. The summed E-state index contributed by atoms with van der Waals surface area (Å²) in [6.07, 6.45) is 2.59. The van der Waals surface area contributed by atoms with E-state index in [1.54, 1.807) is 0 Å². The monoisotopic (exact) mass is 366 g/mol. The minimum absolute atomic E-state index is 0.221. The van der Waals surface area contributed by atoms with Gasteiger partial charge >= 0.3 is 0 Å². The van der Waals surface area contributed by atoms with E-state index in [0.717, 1.165) is 40.4 Å². The van der Waals surface area contributed by atoms with Crippen molar-refractivity contribution in [1.29, 1.82) is 0 Å². The quantitative estimate of drug-likeness (QED) is 0.615. The Morgan fingerprint density at radius 1 is 1.04 bits per heavy atom. The Balaban J connectivity index is 1.81. The molecule has 0 radical (unpaired) electrons. The van der Waals surface area contributed by atoms with Crippen molar-refractivity contribution in [3.05, 3.63) is 70.3 Å². The first kappa shape index (κ1) is 19.6. The summed E-state index contributed by atoms with van der Waals surface area (Å²) in [5.41, 5.74) is 5.39. The van der Waals surface area contributed by atoms with Gasteiger partial charge in [-0.15, -0.1) is 0 Å². The average Bonchev–Trinajstić information content (AvgIpc) is 3.19. The number of nitrogens with zero attached hydrogens (tertiary/aromatic N) is 2. The Labute approximate surface area is 162 Å². The van der Waals surface area contributed by atoms with E-state index in [0.29, 0.717) is 6.54 Å². The van der Waals surface area contributed by atoms with Crippen molar-refractivity contribution in [2.45, 2.75) is 46.1 Å². The maximum atomic E-state index is 13.0. The highest BCUT2D eigenvalue weighted by molar-refractivity contribution is 5.79. The molecule has 27 heavy (non-hydrogen) atoms. The third-order valence-corrected chi connectivity index (χ3v) is 5.80. The van der Waals surface area contributed by atoms with Gasteiger partial charge < -0.3 is 4.90 Å². The fourth-order valence-electron chi connectivity index (χ4n) is 3.90. The molecule has 2 aromatic carbocycles. The topological polar surface area (TPSA) is 43.8 Å². The van der Waals surface area contributed by atoms with Crippen LogP contribution in [0.25, 0.3) is 0 Å². The normalized spacial score (nSPS) is 15.7. The minimum Gasteiger partial charge on any atom is -0.301 e. The molecule has 2 aromatic rings. The van der Waals surface area contributed by atoms with Gasteiger partial charge in [0, 0.05) is 6.54 Å². The average molecular weight is 367 g/mol. The molecule has 0 aromatic heterocycles. The van der Waals surface area contributed by atoms with Crippen molar-refractivity contribution in [1.82, 2.24) is 9.96 Å². The zero-order valence-corrected chi connectivity index (χ0v) is 16.6. The Kier molecular flexibility index (Phi) is 6.30. The number of aryl methyl sites for hydroxylation is 2. The molecule has 3 rings (SSSR count). The highest BCUT2D eigenvalue weighted by Gasteiger charge is 2.28. The summed E-state index contributed by atoms with van der Waals surface area (Å²) in [7, 11) is 0. The lowest BCUT2D eigenvalue weighted by molar-refractivity contribution is -0.177. The molecule has 4 heteroatoms. The second-order valence-corrected chi connectivity index (χ2v) is 7.65.